The maximum atomic E-state index is 7.56. The lowest BCUT2D eigenvalue weighted by molar-refractivity contribution is 0.361. The number of hydrogen-bond acceptors (Lipinski definition) is 3. The van der Waals surface area contributed by atoms with Crippen LogP contribution in [-0.2, 0) is 35.4 Å². The zero-order chi connectivity index (χ0) is 18.3. The van der Waals surface area contributed by atoms with Crippen LogP contribution in [0.15, 0.2) is 0 Å². The highest BCUT2D eigenvalue weighted by molar-refractivity contribution is 8.06. The van der Waals surface area contributed by atoms with Crippen molar-refractivity contribution in [2.75, 3.05) is 0 Å². The van der Waals surface area contributed by atoms with E-state index in [-0.39, 0.29) is 0 Å². The van der Waals surface area contributed by atoms with Gasteiger partial charge in [0.2, 0.25) is 0 Å². The van der Waals surface area contributed by atoms with Crippen LogP contribution < -0.4 is 0 Å². The zero-order valence-corrected chi connectivity index (χ0v) is 16.6. The van der Waals surface area contributed by atoms with E-state index in [1.807, 2.05) is 0 Å². The normalized spacial score (nSPS) is 11.0. The standard InChI is InChI=1S/C6H14.3H3O3PS/c1-3-5-6-4-2;3*1-4(2,3)5/h3-6H2,1-2H3;3*(H3,1,2,3,5). The van der Waals surface area contributed by atoms with Crippen LogP contribution in [0.4, 0.5) is 0 Å². The van der Waals surface area contributed by atoms with Crippen molar-refractivity contribution in [3.8, 4) is 0 Å². The topological polar surface area (TPSA) is 182 Å². The number of unbranched alkanes of at least 4 members (excludes halogenated alkanes) is 3. The summed E-state index contributed by atoms with van der Waals surface area (Å²) in [7, 11) is 0. The lowest BCUT2D eigenvalue weighted by atomic mass is 10.2. The van der Waals surface area contributed by atoms with Crippen LogP contribution in [0.2, 0.25) is 0 Å². The van der Waals surface area contributed by atoms with Crippen LogP contribution >= 0.6 is 20.2 Å². The van der Waals surface area contributed by atoms with Gasteiger partial charge in [-0.1, -0.05) is 39.5 Å². The molecule has 0 aliphatic rings. The molecule has 134 valence electrons. The van der Waals surface area contributed by atoms with Crippen molar-refractivity contribution in [1.82, 2.24) is 0 Å². The molecule has 0 saturated carbocycles. The summed E-state index contributed by atoms with van der Waals surface area (Å²) in [4.78, 5) is 68.0. The summed E-state index contributed by atoms with van der Waals surface area (Å²) in [6, 6.07) is 0. The van der Waals surface area contributed by atoms with E-state index in [0.29, 0.717) is 0 Å². The summed E-state index contributed by atoms with van der Waals surface area (Å²) in [5.74, 6) is 0. The summed E-state index contributed by atoms with van der Waals surface area (Å²) < 4.78 is 0. The average Bonchev–Trinajstić information content (AvgIpc) is 2.06. The van der Waals surface area contributed by atoms with Gasteiger partial charge in [-0.15, -0.1) is 0 Å². The summed E-state index contributed by atoms with van der Waals surface area (Å²) in [6.45, 7) is -6.95. The van der Waals surface area contributed by atoms with Gasteiger partial charge in [0, 0.05) is 0 Å². The molecule has 15 heteroatoms. The second kappa shape index (κ2) is 16.4. The first-order valence-corrected chi connectivity index (χ1v) is 13.2. The summed E-state index contributed by atoms with van der Waals surface area (Å²) in [6.07, 6.45) is 5.54. The Morgan fingerprint density at radius 3 is 0.667 bits per heavy atom. The Hall–Kier alpha value is 1.59. The highest BCUT2D eigenvalue weighted by atomic mass is 32.5. The largest absolute Gasteiger partial charge is 0.325 e. The Labute approximate surface area is 139 Å². The second-order valence-electron chi connectivity index (χ2n) is 3.25. The van der Waals surface area contributed by atoms with Gasteiger partial charge in [0.25, 0.3) is 0 Å². The Balaban J connectivity index is -0.0000000921. The molecular weight excluding hydrogens is 405 g/mol. The van der Waals surface area contributed by atoms with Gasteiger partial charge in [-0.2, -0.15) is 0 Å². The van der Waals surface area contributed by atoms with Crippen LogP contribution in [-0.4, -0.2) is 44.0 Å². The molecule has 0 aliphatic heterocycles. The maximum absolute atomic E-state index is 7.56. The molecular formula is C6H23O9P3S3. The van der Waals surface area contributed by atoms with E-state index in [0.717, 1.165) is 0 Å². The highest BCUT2D eigenvalue weighted by Crippen LogP contribution is 2.27. The molecule has 0 bridgehead atoms. The van der Waals surface area contributed by atoms with E-state index in [4.69, 9.17) is 44.0 Å². The summed E-state index contributed by atoms with van der Waals surface area (Å²) in [5.41, 5.74) is 0. The third-order valence-electron chi connectivity index (χ3n) is 0.957. The monoisotopic (exact) mass is 428 g/mol. The third kappa shape index (κ3) is 393. The van der Waals surface area contributed by atoms with Gasteiger partial charge in [0.1, 0.15) is 0 Å². The molecule has 0 aromatic rings. The lowest BCUT2D eigenvalue weighted by Crippen LogP contribution is -1.66. The Morgan fingerprint density at radius 2 is 0.619 bits per heavy atom. The molecule has 0 radical (unpaired) electrons. The second-order valence-corrected chi connectivity index (χ2v) is 10.7. The van der Waals surface area contributed by atoms with Gasteiger partial charge >= 0.3 is 20.2 Å². The minimum absolute atomic E-state index is 1.36. The van der Waals surface area contributed by atoms with Crippen molar-refractivity contribution in [3.05, 3.63) is 0 Å². The molecule has 0 aliphatic carbocycles. The van der Waals surface area contributed by atoms with Crippen LogP contribution in [0.5, 0.6) is 0 Å². The van der Waals surface area contributed by atoms with Crippen molar-refractivity contribution < 1.29 is 44.0 Å². The molecule has 9 N–H and O–H groups in total. The molecule has 0 unspecified atom stereocenters. The van der Waals surface area contributed by atoms with Crippen LogP contribution in [0.1, 0.15) is 39.5 Å². The zero-order valence-electron chi connectivity index (χ0n) is 11.4. The van der Waals surface area contributed by atoms with Gasteiger partial charge in [0.15, 0.2) is 0 Å². The van der Waals surface area contributed by atoms with Crippen molar-refractivity contribution in [2.45, 2.75) is 39.5 Å². The molecule has 0 heterocycles. The van der Waals surface area contributed by atoms with Gasteiger partial charge in [0.05, 0.1) is 0 Å². The van der Waals surface area contributed by atoms with E-state index >= 15 is 0 Å². The fraction of sp³-hybridized carbons (Fsp3) is 1.00. The fourth-order valence-corrected chi connectivity index (χ4v) is 0.500. The van der Waals surface area contributed by atoms with Crippen LogP contribution in [0, 0.1) is 0 Å². The van der Waals surface area contributed by atoms with Crippen molar-refractivity contribution >= 4 is 55.6 Å². The van der Waals surface area contributed by atoms with E-state index in [2.05, 4.69) is 49.3 Å². The van der Waals surface area contributed by atoms with Crippen molar-refractivity contribution in [1.29, 1.82) is 0 Å². The first kappa shape index (κ1) is 30.5. The molecule has 9 nitrogen and oxygen atoms in total. The van der Waals surface area contributed by atoms with Gasteiger partial charge in [-0.05, 0) is 35.4 Å². The Morgan fingerprint density at radius 1 is 0.524 bits per heavy atom. The van der Waals surface area contributed by atoms with Crippen molar-refractivity contribution in [3.63, 3.8) is 0 Å². The Kier molecular flexibility index (Phi) is 23.9. The van der Waals surface area contributed by atoms with E-state index in [9.17, 15) is 0 Å². The third-order valence-corrected chi connectivity index (χ3v) is 0.957. The maximum Gasteiger partial charge on any atom is 0.319 e. The molecule has 0 aromatic heterocycles. The van der Waals surface area contributed by atoms with E-state index in [1.165, 1.54) is 25.7 Å². The van der Waals surface area contributed by atoms with Gasteiger partial charge < -0.3 is 44.0 Å². The molecule has 0 aromatic carbocycles. The van der Waals surface area contributed by atoms with Gasteiger partial charge in [-0.25, -0.2) is 0 Å². The molecule has 0 atom stereocenters. The predicted octanol–water partition coefficient (Wildman–Crippen LogP) is 0.150. The SMILES string of the molecule is CCCCCC.OP(O)(O)=S.OP(O)(O)=S.OP(O)(O)=S. The molecule has 0 rings (SSSR count). The van der Waals surface area contributed by atoms with Crippen LogP contribution in [0.25, 0.3) is 0 Å². The molecule has 0 saturated heterocycles. The first-order chi connectivity index (χ1) is 8.91. The minimum Gasteiger partial charge on any atom is -0.325 e. The summed E-state index contributed by atoms with van der Waals surface area (Å²) in [5, 5.41) is 0. The average molecular weight is 428 g/mol. The molecule has 0 amide bonds. The highest BCUT2D eigenvalue weighted by Gasteiger charge is 1.93. The predicted molar refractivity (Wildman–Crippen MR) is 92.6 cm³/mol. The summed E-state index contributed by atoms with van der Waals surface area (Å²) >= 11 is 10.8. The van der Waals surface area contributed by atoms with E-state index in [1.54, 1.807) is 0 Å². The fourth-order valence-electron chi connectivity index (χ4n) is 0.500. The minimum atomic E-state index is -3.81. The number of rotatable bonds is 3. The number of hydrogen-bond donors (Lipinski definition) is 9. The molecule has 21 heavy (non-hydrogen) atoms. The van der Waals surface area contributed by atoms with Crippen molar-refractivity contribution in [2.24, 2.45) is 0 Å². The first-order valence-electron chi connectivity index (χ1n) is 5.26. The molecule has 0 fully saturated rings. The lowest BCUT2D eigenvalue weighted by Gasteiger charge is -1.88. The quantitative estimate of drug-likeness (QED) is 0.219. The molecule has 0 spiro atoms. The Bertz CT molecular complexity index is 272. The smallest absolute Gasteiger partial charge is 0.319 e. The van der Waals surface area contributed by atoms with Crippen LogP contribution in [0.3, 0.4) is 0 Å². The van der Waals surface area contributed by atoms with E-state index < -0.39 is 20.2 Å². The van der Waals surface area contributed by atoms with Gasteiger partial charge in [-0.3, -0.25) is 0 Å².